The number of amides is 1. The fourth-order valence-corrected chi connectivity index (χ4v) is 3.63. The maximum absolute atomic E-state index is 12.9. The molecular weight excluding hydrogens is 438 g/mol. The second kappa shape index (κ2) is 9.58. The molecule has 0 unspecified atom stereocenters. The molecular formula is C26H23NO7. The van der Waals surface area contributed by atoms with Crippen LogP contribution in [0, 0.1) is 0 Å². The van der Waals surface area contributed by atoms with Crippen LogP contribution >= 0.6 is 0 Å². The quantitative estimate of drug-likeness (QED) is 0.424. The largest absolute Gasteiger partial charge is 0.496 e. The molecule has 0 aliphatic carbocycles. The fourth-order valence-electron chi connectivity index (χ4n) is 3.63. The molecule has 3 aromatic carbocycles. The zero-order valence-electron chi connectivity index (χ0n) is 19.1. The summed E-state index contributed by atoms with van der Waals surface area (Å²) >= 11 is 0. The first kappa shape index (κ1) is 22.7. The second-order valence-electron chi connectivity index (χ2n) is 7.25. The predicted octanol–water partition coefficient (Wildman–Crippen LogP) is 4.75. The van der Waals surface area contributed by atoms with E-state index in [1.165, 1.54) is 27.4 Å². The average Bonchev–Trinajstić information content (AvgIpc) is 2.87. The van der Waals surface area contributed by atoms with Crippen molar-refractivity contribution in [3.05, 3.63) is 76.5 Å². The van der Waals surface area contributed by atoms with Crippen LogP contribution in [0.15, 0.2) is 69.9 Å². The summed E-state index contributed by atoms with van der Waals surface area (Å²) in [6, 6.07) is 16.7. The molecule has 0 bridgehead atoms. The van der Waals surface area contributed by atoms with Crippen molar-refractivity contribution < 1.29 is 28.2 Å². The third-order valence-electron chi connectivity index (χ3n) is 5.28. The van der Waals surface area contributed by atoms with Crippen LogP contribution in [0.4, 0.5) is 5.69 Å². The predicted molar refractivity (Wildman–Crippen MR) is 129 cm³/mol. The zero-order chi connectivity index (χ0) is 24.2. The molecule has 0 radical (unpaired) electrons. The van der Waals surface area contributed by atoms with E-state index in [1.807, 2.05) is 18.2 Å². The number of rotatable bonds is 7. The first-order valence-electron chi connectivity index (χ1n) is 10.3. The fraction of sp³-hybridized carbons (Fsp3) is 0.154. The van der Waals surface area contributed by atoms with E-state index < -0.39 is 5.91 Å². The number of para-hydroxylation sites is 1. The Bertz CT molecular complexity index is 1400. The zero-order valence-corrected chi connectivity index (χ0v) is 19.1. The van der Waals surface area contributed by atoms with E-state index in [0.717, 1.165) is 0 Å². The van der Waals surface area contributed by atoms with E-state index in [-0.39, 0.29) is 5.43 Å². The Labute approximate surface area is 195 Å². The smallest absolute Gasteiger partial charge is 0.255 e. The lowest BCUT2D eigenvalue weighted by Crippen LogP contribution is -2.13. The van der Waals surface area contributed by atoms with Gasteiger partial charge in [0.2, 0.25) is 5.75 Å². The molecule has 174 valence electrons. The summed E-state index contributed by atoms with van der Waals surface area (Å²) in [4.78, 5) is 25.8. The molecule has 1 aromatic heterocycles. The van der Waals surface area contributed by atoms with Gasteiger partial charge >= 0.3 is 0 Å². The Morgan fingerprint density at radius 1 is 0.794 bits per heavy atom. The van der Waals surface area contributed by atoms with Crippen LogP contribution < -0.4 is 29.7 Å². The molecule has 0 fully saturated rings. The van der Waals surface area contributed by atoms with Gasteiger partial charge in [0.15, 0.2) is 16.9 Å². The van der Waals surface area contributed by atoms with E-state index in [1.54, 1.807) is 43.5 Å². The molecule has 8 heteroatoms. The summed E-state index contributed by atoms with van der Waals surface area (Å²) < 4.78 is 27.2. The van der Waals surface area contributed by atoms with Crippen LogP contribution in [0.3, 0.4) is 0 Å². The molecule has 34 heavy (non-hydrogen) atoms. The standard InChI is InChI=1S/C26H23NO7/c1-30-20-8-6-5-7-17(20)22-14-19(28)18-13-16(9-10-21(18)34-22)27-26(29)15-11-23(31-2)25(33-4)24(12-15)32-3/h5-14H,1-4H3,(H,27,29). The van der Waals surface area contributed by atoms with Gasteiger partial charge in [0.1, 0.15) is 17.1 Å². The Morgan fingerprint density at radius 3 is 2.12 bits per heavy atom. The number of methoxy groups -OCH3 is 4. The van der Waals surface area contributed by atoms with Gasteiger partial charge in [-0.2, -0.15) is 0 Å². The number of nitrogens with one attached hydrogen (secondary N) is 1. The molecule has 0 aliphatic rings. The van der Waals surface area contributed by atoms with Gasteiger partial charge in [-0.15, -0.1) is 0 Å². The summed E-state index contributed by atoms with van der Waals surface area (Å²) in [5.41, 5.74) is 1.55. The van der Waals surface area contributed by atoms with E-state index >= 15 is 0 Å². The summed E-state index contributed by atoms with van der Waals surface area (Å²) in [6.07, 6.45) is 0. The van der Waals surface area contributed by atoms with Gasteiger partial charge in [-0.25, -0.2) is 0 Å². The molecule has 0 saturated heterocycles. The Morgan fingerprint density at radius 2 is 1.47 bits per heavy atom. The molecule has 4 aromatic rings. The van der Waals surface area contributed by atoms with Crippen LogP contribution in [-0.2, 0) is 0 Å². The highest BCUT2D eigenvalue weighted by molar-refractivity contribution is 6.05. The monoisotopic (exact) mass is 461 g/mol. The average molecular weight is 461 g/mol. The maximum Gasteiger partial charge on any atom is 0.255 e. The number of fused-ring (bicyclic) bond motifs is 1. The first-order valence-corrected chi connectivity index (χ1v) is 10.3. The normalized spacial score (nSPS) is 10.6. The third kappa shape index (κ3) is 4.25. The molecule has 8 nitrogen and oxygen atoms in total. The molecule has 0 spiro atoms. The van der Waals surface area contributed by atoms with Gasteiger partial charge in [0.05, 0.1) is 39.4 Å². The number of hydrogen-bond donors (Lipinski definition) is 1. The van der Waals surface area contributed by atoms with Crippen molar-refractivity contribution >= 4 is 22.6 Å². The van der Waals surface area contributed by atoms with Crippen molar-refractivity contribution in [3.8, 4) is 34.3 Å². The summed E-state index contributed by atoms with van der Waals surface area (Å²) in [6.45, 7) is 0. The lowest BCUT2D eigenvalue weighted by molar-refractivity contribution is 0.102. The van der Waals surface area contributed by atoms with Gasteiger partial charge in [-0.05, 0) is 42.5 Å². The van der Waals surface area contributed by atoms with Crippen LogP contribution in [0.5, 0.6) is 23.0 Å². The van der Waals surface area contributed by atoms with Gasteiger partial charge in [0, 0.05) is 17.3 Å². The third-order valence-corrected chi connectivity index (χ3v) is 5.28. The van der Waals surface area contributed by atoms with E-state index in [9.17, 15) is 9.59 Å². The van der Waals surface area contributed by atoms with Crippen molar-refractivity contribution in [1.82, 2.24) is 0 Å². The highest BCUT2D eigenvalue weighted by Gasteiger charge is 2.18. The van der Waals surface area contributed by atoms with Gasteiger partial charge in [-0.3, -0.25) is 9.59 Å². The van der Waals surface area contributed by atoms with E-state index in [0.29, 0.717) is 56.5 Å². The molecule has 1 amide bonds. The van der Waals surface area contributed by atoms with E-state index in [4.69, 9.17) is 23.4 Å². The van der Waals surface area contributed by atoms with Gasteiger partial charge in [-0.1, -0.05) is 12.1 Å². The molecule has 1 N–H and O–H groups in total. The lowest BCUT2D eigenvalue weighted by Gasteiger charge is -2.14. The first-order chi connectivity index (χ1) is 16.5. The molecule has 0 aliphatic heterocycles. The number of benzene rings is 3. The topological polar surface area (TPSA) is 96.2 Å². The van der Waals surface area contributed by atoms with Gasteiger partial charge < -0.3 is 28.7 Å². The Kier molecular flexibility index (Phi) is 6.40. The van der Waals surface area contributed by atoms with Crippen molar-refractivity contribution in [1.29, 1.82) is 0 Å². The highest BCUT2D eigenvalue weighted by atomic mass is 16.5. The van der Waals surface area contributed by atoms with Crippen molar-refractivity contribution in [2.24, 2.45) is 0 Å². The van der Waals surface area contributed by atoms with Crippen LogP contribution in [-0.4, -0.2) is 34.3 Å². The van der Waals surface area contributed by atoms with Crippen molar-refractivity contribution in [2.75, 3.05) is 33.8 Å². The number of carbonyl (C=O) groups excluding carboxylic acids is 1. The Hall–Kier alpha value is -4.46. The summed E-state index contributed by atoms with van der Waals surface area (Å²) in [5.74, 6) is 1.68. The number of carbonyl (C=O) groups is 1. The lowest BCUT2D eigenvalue weighted by atomic mass is 10.1. The minimum atomic E-state index is -0.409. The molecule has 1 heterocycles. The number of ether oxygens (including phenoxy) is 4. The SMILES string of the molecule is COc1ccccc1-c1cc(=O)c2cc(NC(=O)c3cc(OC)c(OC)c(OC)c3)ccc2o1. The van der Waals surface area contributed by atoms with Crippen molar-refractivity contribution in [3.63, 3.8) is 0 Å². The van der Waals surface area contributed by atoms with E-state index in [2.05, 4.69) is 5.32 Å². The minimum Gasteiger partial charge on any atom is -0.496 e. The number of hydrogen-bond acceptors (Lipinski definition) is 7. The van der Waals surface area contributed by atoms with Crippen LogP contribution in [0.25, 0.3) is 22.3 Å². The maximum atomic E-state index is 12.9. The number of anilines is 1. The van der Waals surface area contributed by atoms with Gasteiger partial charge in [0.25, 0.3) is 5.91 Å². The van der Waals surface area contributed by atoms with Crippen LogP contribution in [0.1, 0.15) is 10.4 Å². The summed E-state index contributed by atoms with van der Waals surface area (Å²) in [5, 5.41) is 3.13. The molecule has 0 atom stereocenters. The Balaban J connectivity index is 1.67. The molecule has 0 saturated carbocycles. The van der Waals surface area contributed by atoms with Crippen LogP contribution in [0.2, 0.25) is 0 Å². The minimum absolute atomic E-state index is 0.244. The second-order valence-corrected chi connectivity index (χ2v) is 7.25. The highest BCUT2D eigenvalue weighted by Crippen LogP contribution is 2.38. The molecule has 4 rings (SSSR count). The summed E-state index contributed by atoms with van der Waals surface area (Å²) in [7, 11) is 5.99. The van der Waals surface area contributed by atoms with Crippen molar-refractivity contribution in [2.45, 2.75) is 0 Å².